The van der Waals surface area contributed by atoms with E-state index in [-0.39, 0.29) is 11.2 Å². The Morgan fingerprint density at radius 3 is 2.68 bits per heavy atom. The van der Waals surface area contributed by atoms with Gasteiger partial charge in [0.15, 0.2) is 5.16 Å². The molecule has 1 aliphatic rings. The Labute approximate surface area is 134 Å². The fourth-order valence-electron chi connectivity index (χ4n) is 2.79. The van der Waals surface area contributed by atoms with E-state index in [0.717, 1.165) is 18.4 Å². The molecule has 1 atom stereocenters. The number of hydrogen-bond donors (Lipinski definition) is 2. The molecule has 3 rings (SSSR count). The van der Waals surface area contributed by atoms with Crippen LogP contribution in [0.25, 0.3) is 0 Å². The third kappa shape index (κ3) is 3.88. The van der Waals surface area contributed by atoms with Crippen LogP contribution in [0.3, 0.4) is 0 Å². The maximum absolute atomic E-state index is 12.7. The normalized spacial score (nSPS) is 17.1. The molecule has 6 heteroatoms. The van der Waals surface area contributed by atoms with Crippen molar-refractivity contribution in [3.63, 3.8) is 0 Å². The Bertz CT molecular complexity index is 581. The third-order valence-electron chi connectivity index (χ3n) is 3.91. The SMILES string of the molecule is O=C(NC1CCCCC1)C(Sc1ncn[nH]1)c1ccccc1. The molecule has 5 nitrogen and oxygen atoms in total. The van der Waals surface area contributed by atoms with Gasteiger partial charge in [0.1, 0.15) is 11.6 Å². The second-order valence-electron chi connectivity index (χ2n) is 5.54. The van der Waals surface area contributed by atoms with Crippen LogP contribution in [0.15, 0.2) is 41.8 Å². The van der Waals surface area contributed by atoms with Gasteiger partial charge < -0.3 is 5.32 Å². The molecule has 1 aromatic carbocycles. The zero-order valence-electron chi connectivity index (χ0n) is 12.4. The van der Waals surface area contributed by atoms with Gasteiger partial charge in [-0.2, -0.15) is 5.10 Å². The van der Waals surface area contributed by atoms with Crippen LogP contribution in [0.5, 0.6) is 0 Å². The van der Waals surface area contributed by atoms with Crippen molar-refractivity contribution in [2.75, 3.05) is 0 Å². The summed E-state index contributed by atoms with van der Waals surface area (Å²) in [5, 5.41) is 10.2. The number of rotatable bonds is 5. The van der Waals surface area contributed by atoms with Crippen molar-refractivity contribution < 1.29 is 4.79 Å². The maximum atomic E-state index is 12.7. The highest BCUT2D eigenvalue weighted by atomic mass is 32.2. The molecule has 1 unspecified atom stereocenters. The molecule has 116 valence electrons. The van der Waals surface area contributed by atoms with E-state index < -0.39 is 0 Å². The molecule has 1 amide bonds. The van der Waals surface area contributed by atoms with Crippen LogP contribution < -0.4 is 5.32 Å². The predicted molar refractivity (Wildman–Crippen MR) is 86.4 cm³/mol. The van der Waals surface area contributed by atoms with E-state index in [0.29, 0.717) is 11.2 Å². The van der Waals surface area contributed by atoms with Crippen molar-refractivity contribution in [3.8, 4) is 0 Å². The Morgan fingerprint density at radius 2 is 2.00 bits per heavy atom. The van der Waals surface area contributed by atoms with E-state index in [1.807, 2.05) is 30.3 Å². The molecule has 1 saturated carbocycles. The number of nitrogens with zero attached hydrogens (tertiary/aromatic N) is 2. The highest BCUT2D eigenvalue weighted by Gasteiger charge is 2.26. The standard InChI is InChI=1S/C16H20N4OS/c21-15(19-13-9-5-2-6-10-13)14(12-7-3-1-4-8-12)22-16-17-11-18-20-16/h1,3-4,7-8,11,13-14H,2,5-6,9-10H2,(H,19,21)(H,17,18,20). The number of thioether (sulfide) groups is 1. The first-order valence-corrected chi connectivity index (χ1v) is 8.58. The number of amides is 1. The Balaban J connectivity index is 1.73. The summed E-state index contributed by atoms with van der Waals surface area (Å²) < 4.78 is 0. The fourth-order valence-corrected chi connectivity index (χ4v) is 3.69. The molecule has 1 heterocycles. The van der Waals surface area contributed by atoms with Gasteiger partial charge in [-0.3, -0.25) is 9.89 Å². The molecule has 2 N–H and O–H groups in total. The Morgan fingerprint density at radius 1 is 1.23 bits per heavy atom. The number of nitrogens with one attached hydrogen (secondary N) is 2. The van der Waals surface area contributed by atoms with E-state index in [9.17, 15) is 4.79 Å². The summed E-state index contributed by atoms with van der Waals surface area (Å²) in [4.78, 5) is 16.9. The maximum Gasteiger partial charge on any atom is 0.238 e. The first-order chi connectivity index (χ1) is 10.8. The van der Waals surface area contributed by atoms with Crippen LogP contribution in [0, 0.1) is 0 Å². The van der Waals surface area contributed by atoms with Gasteiger partial charge in [-0.15, -0.1) is 0 Å². The smallest absolute Gasteiger partial charge is 0.238 e. The van der Waals surface area contributed by atoms with Crippen molar-refractivity contribution in [3.05, 3.63) is 42.2 Å². The van der Waals surface area contributed by atoms with Gasteiger partial charge in [0, 0.05) is 6.04 Å². The molecule has 2 aromatic rings. The molecule has 0 bridgehead atoms. The fraction of sp³-hybridized carbons (Fsp3) is 0.438. The van der Waals surface area contributed by atoms with Crippen LogP contribution >= 0.6 is 11.8 Å². The monoisotopic (exact) mass is 316 g/mol. The first kappa shape index (κ1) is 15.1. The molecular weight excluding hydrogens is 296 g/mol. The minimum absolute atomic E-state index is 0.0551. The number of hydrogen-bond acceptors (Lipinski definition) is 4. The summed E-state index contributed by atoms with van der Waals surface area (Å²) in [7, 11) is 0. The molecule has 22 heavy (non-hydrogen) atoms. The van der Waals surface area contributed by atoms with Gasteiger partial charge in [-0.25, -0.2) is 4.98 Å². The summed E-state index contributed by atoms with van der Waals surface area (Å²) in [6.45, 7) is 0. The quantitative estimate of drug-likeness (QED) is 0.832. The summed E-state index contributed by atoms with van der Waals surface area (Å²) in [6, 6.07) is 10.1. The third-order valence-corrected chi connectivity index (χ3v) is 5.06. The summed E-state index contributed by atoms with van der Waals surface area (Å²) in [6.07, 6.45) is 7.32. The van der Waals surface area contributed by atoms with Crippen LogP contribution in [0.4, 0.5) is 0 Å². The highest BCUT2D eigenvalue weighted by Crippen LogP contribution is 2.33. The molecular formula is C16H20N4OS. The molecule has 0 spiro atoms. The lowest BCUT2D eigenvalue weighted by atomic mass is 9.95. The van der Waals surface area contributed by atoms with Gasteiger partial charge in [0.05, 0.1) is 0 Å². The van der Waals surface area contributed by atoms with Gasteiger partial charge in [0.2, 0.25) is 5.91 Å². The number of aromatic nitrogens is 3. The minimum Gasteiger partial charge on any atom is -0.352 e. The topological polar surface area (TPSA) is 70.7 Å². The molecule has 1 aromatic heterocycles. The van der Waals surface area contributed by atoms with Crippen molar-refractivity contribution in [1.82, 2.24) is 20.5 Å². The van der Waals surface area contributed by atoms with E-state index in [4.69, 9.17) is 0 Å². The molecule has 1 fully saturated rings. The highest BCUT2D eigenvalue weighted by molar-refractivity contribution is 8.00. The average Bonchev–Trinajstić information content (AvgIpc) is 3.07. The van der Waals surface area contributed by atoms with E-state index >= 15 is 0 Å². The second kappa shape index (κ2) is 7.45. The van der Waals surface area contributed by atoms with Crippen LogP contribution in [-0.2, 0) is 4.79 Å². The molecule has 0 aliphatic heterocycles. The van der Waals surface area contributed by atoms with Crippen LogP contribution in [0.1, 0.15) is 42.9 Å². The second-order valence-corrected chi connectivity index (χ2v) is 6.64. The lowest BCUT2D eigenvalue weighted by Gasteiger charge is -2.25. The van der Waals surface area contributed by atoms with Gasteiger partial charge in [-0.05, 0) is 18.4 Å². The molecule has 1 aliphatic carbocycles. The lowest BCUT2D eigenvalue weighted by Crippen LogP contribution is -2.38. The van der Waals surface area contributed by atoms with Crippen molar-refractivity contribution in [1.29, 1.82) is 0 Å². The van der Waals surface area contributed by atoms with E-state index in [1.165, 1.54) is 37.4 Å². The lowest BCUT2D eigenvalue weighted by molar-refractivity contribution is -0.121. The van der Waals surface area contributed by atoms with Crippen LogP contribution in [0.2, 0.25) is 0 Å². The molecule has 0 saturated heterocycles. The van der Waals surface area contributed by atoms with Gasteiger partial charge in [-0.1, -0.05) is 61.4 Å². The zero-order chi connectivity index (χ0) is 15.2. The molecule has 0 radical (unpaired) electrons. The van der Waals surface area contributed by atoms with Gasteiger partial charge in [0.25, 0.3) is 0 Å². The van der Waals surface area contributed by atoms with Crippen LogP contribution in [-0.4, -0.2) is 27.1 Å². The Hall–Kier alpha value is -1.82. The minimum atomic E-state index is -0.309. The van der Waals surface area contributed by atoms with E-state index in [2.05, 4.69) is 20.5 Å². The number of aromatic amines is 1. The number of carbonyl (C=O) groups excluding carboxylic acids is 1. The first-order valence-electron chi connectivity index (χ1n) is 7.70. The largest absolute Gasteiger partial charge is 0.352 e. The average molecular weight is 316 g/mol. The summed E-state index contributed by atoms with van der Waals surface area (Å²) in [5.74, 6) is 0.0551. The van der Waals surface area contributed by atoms with Crippen molar-refractivity contribution in [2.45, 2.75) is 48.6 Å². The summed E-state index contributed by atoms with van der Waals surface area (Å²) in [5.41, 5.74) is 0.984. The Kier molecular flexibility index (Phi) is 5.11. The zero-order valence-corrected chi connectivity index (χ0v) is 13.2. The van der Waals surface area contributed by atoms with Crippen molar-refractivity contribution in [2.24, 2.45) is 0 Å². The number of carbonyl (C=O) groups is 1. The predicted octanol–water partition coefficient (Wildman–Crippen LogP) is 3.09. The number of benzene rings is 1. The summed E-state index contributed by atoms with van der Waals surface area (Å²) >= 11 is 1.40. The van der Waals surface area contributed by atoms with E-state index in [1.54, 1.807) is 0 Å². The van der Waals surface area contributed by atoms with Gasteiger partial charge >= 0.3 is 0 Å². The van der Waals surface area contributed by atoms with Crippen molar-refractivity contribution >= 4 is 17.7 Å². The number of H-pyrrole nitrogens is 1.